The summed E-state index contributed by atoms with van der Waals surface area (Å²) < 4.78 is 0. The van der Waals surface area contributed by atoms with Crippen LogP contribution in [0, 0.1) is 6.92 Å². The SMILES string of the molecule is Cc1nc(N2CCN(C=O)CC2)nc2c1C(=O)C[C@H](c1ccc(Cl)cc1)C2. The number of nitrogens with zero attached hydrogens (tertiary/aromatic N) is 4. The van der Waals surface area contributed by atoms with Crippen LogP contribution >= 0.6 is 11.6 Å². The molecule has 140 valence electrons. The van der Waals surface area contributed by atoms with Crippen molar-refractivity contribution in [3.05, 3.63) is 51.8 Å². The van der Waals surface area contributed by atoms with E-state index in [9.17, 15) is 9.59 Å². The molecule has 6 nitrogen and oxygen atoms in total. The lowest BCUT2D eigenvalue weighted by Crippen LogP contribution is -2.46. The van der Waals surface area contributed by atoms with E-state index in [2.05, 4.69) is 9.88 Å². The van der Waals surface area contributed by atoms with E-state index in [1.54, 1.807) is 4.90 Å². The van der Waals surface area contributed by atoms with Crippen LogP contribution in [0.5, 0.6) is 0 Å². The summed E-state index contributed by atoms with van der Waals surface area (Å²) in [5.74, 6) is 0.865. The van der Waals surface area contributed by atoms with Gasteiger partial charge in [-0.05, 0) is 37.0 Å². The van der Waals surface area contributed by atoms with Crippen molar-refractivity contribution in [3.63, 3.8) is 0 Å². The second-order valence-electron chi connectivity index (χ2n) is 7.14. The summed E-state index contributed by atoms with van der Waals surface area (Å²) in [6, 6.07) is 7.69. The Morgan fingerprint density at radius 1 is 1.07 bits per heavy atom. The van der Waals surface area contributed by atoms with E-state index in [1.807, 2.05) is 31.2 Å². The van der Waals surface area contributed by atoms with Crippen LogP contribution < -0.4 is 4.90 Å². The molecule has 0 N–H and O–H groups in total. The molecule has 1 aromatic carbocycles. The van der Waals surface area contributed by atoms with Crippen molar-refractivity contribution in [3.8, 4) is 0 Å². The molecular weight excluding hydrogens is 364 g/mol. The van der Waals surface area contributed by atoms with E-state index in [-0.39, 0.29) is 11.7 Å². The number of halogens is 1. The molecule has 1 atom stereocenters. The van der Waals surface area contributed by atoms with Crippen molar-refractivity contribution in [1.29, 1.82) is 0 Å². The highest BCUT2D eigenvalue weighted by molar-refractivity contribution is 6.30. The van der Waals surface area contributed by atoms with Crippen LogP contribution in [0.25, 0.3) is 0 Å². The van der Waals surface area contributed by atoms with Gasteiger partial charge in [-0.25, -0.2) is 9.97 Å². The summed E-state index contributed by atoms with van der Waals surface area (Å²) in [4.78, 5) is 36.9. The van der Waals surface area contributed by atoms with Crippen LogP contribution in [0.2, 0.25) is 5.02 Å². The van der Waals surface area contributed by atoms with Gasteiger partial charge >= 0.3 is 0 Å². The van der Waals surface area contributed by atoms with Crippen LogP contribution in [-0.2, 0) is 11.2 Å². The molecule has 1 fully saturated rings. The number of carbonyl (C=O) groups is 2. The first kappa shape index (κ1) is 17.9. The molecule has 1 aliphatic heterocycles. The van der Waals surface area contributed by atoms with Gasteiger partial charge in [0.05, 0.1) is 17.0 Å². The van der Waals surface area contributed by atoms with Crippen LogP contribution in [0.1, 0.15) is 39.6 Å². The third-order valence-corrected chi connectivity index (χ3v) is 5.64. The molecule has 0 bridgehead atoms. The Hall–Kier alpha value is -2.47. The number of hydrogen-bond acceptors (Lipinski definition) is 5. The molecule has 2 heterocycles. The maximum Gasteiger partial charge on any atom is 0.225 e. The summed E-state index contributed by atoms with van der Waals surface area (Å²) in [5.41, 5.74) is 3.35. The first-order chi connectivity index (χ1) is 13.0. The number of ketones is 1. The van der Waals surface area contributed by atoms with Crippen molar-refractivity contribution in [2.45, 2.75) is 25.7 Å². The molecule has 1 aliphatic carbocycles. The lowest BCUT2D eigenvalue weighted by atomic mass is 9.81. The number of carbonyl (C=O) groups excluding carboxylic acids is 2. The smallest absolute Gasteiger partial charge is 0.225 e. The van der Waals surface area contributed by atoms with E-state index in [1.165, 1.54) is 0 Å². The number of Topliss-reactive ketones (excluding diaryl/α,β-unsaturated/α-hetero) is 1. The Balaban J connectivity index is 1.62. The number of aromatic nitrogens is 2. The molecule has 0 unspecified atom stereocenters. The van der Waals surface area contributed by atoms with Crippen LogP contribution in [0.4, 0.5) is 5.95 Å². The predicted molar refractivity (Wildman–Crippen MR) is 103 cm³/mol. The third kappa shape index (κ3) is 3.54. The Kier molecular flexibility index (Phi) is 4.83. The van der Waals surface area contributed by atoms with E-state index >= 15 is 0 Å². The third-order valence-electron chi connectivity index (χ3n) is 5.39. The van der Waals surface area contributed by atoms with Crippen LogP contribution in [0.15, 0.2) is 24.3 Å². The Labute approximate surface area is 163 Å². The number of piperazine rings is 1. The topological polar surface area (TPSA) is 66.4 Å². The molecule has 1 amide bonds. The fraction of sp³-hybridized carbons (Fsp3) is 0.400. The van der Waals surface area contributed by atoms with Crippen LogP contribution in [-0.4, -0.2) is 53.2 Å². The number of fused-ring (bicyclic) bond motifs is 1. The zero-order valence-electron chi connectivity index (χ0n) is 15.2. The van der Waals surface area contributed by atoms with Gasteiger partial charge in [0.1, 0.15) is 0 Å². The fourth-order valence-corrected chi connectivity index (χ4v) is 4.02. The summed E-state index contributed by atoms with van der Waals surface area (Å²) >= 11 is 5.99. The quantitative estimate of drug-likeness (QED) is 0.761. The Morgan fingerprint density at radius 2 is 1.78 bits per heavy atom. The molecular formula is C20H21ClN4O2. The van der Waals surface area contributed by atoms with Crippen molar-refractivity contribution in [1.82, 2.24) is 14.9 Å². The van der Waals surface area contributed by atoms with E-state index in [4.69, 9.17) is 16.6 Å². The monoisotopic (exact) mass is 384 g/mol. The van der Waals surface area contributed by atoms with Gasteiger partial charge in [0, 0.05) is 37.6 Å². The highest BCUT2D eigenvalue weighted by Gasteiger charge is 2.31. The lowest BCUT2D eigenvalue weighted by Gasteiger charge is -2.33. The number of benzene rings is 1. The van der Waals surface area contributed by atoms with Crippen molar-refractivity contribution in [2.75, 3.05) is 31.1 Å². The normalized spacial score (nSPS) is 19.8. The van der Waals surface area contributed by atoms with Crippen molar-refractivity contribution in [2.24, 2.45) is 0 Å². The summed E-state index contributed by atoms with van der Waals surface area (Å²) in [5, 5.41) is 0.691. The molecule has 0 spiro atoms. The van der Waals surface area contributed by atoms with Crippen molar-refractivity contribution >= 4 is 29.7 Å². The molecule has 4 rings (SSSR count). The average Bonchev–Trinajstić information content (AvgIpc) is 2.68. The summed E-state index contributed by atoms with van der Waals surface area (Å²) in [7, 11) is 0. The maximum atomic E-state index is 12.8. The Morgan fingerprint density at radius 3 is 2.44 bits per heavy atom. The Bertz CT molecular complexity index is 876. The summed E-state index contributed by atoms with van der Waals surface area (Å²) in [6.07, 6.45) is 2.06. The number of hydrogen-bond donors (Lipinski definition) is 0. The van der Waals surface area contributed by atoms with Gasteiger partial charge in [-0.3, -0.25) is 9.59 Å². The molecule has 1 saturated heterocycles. The summed E-state index contributed by atoms with van der Waals surface area (Å²) in [6.45, 7) is 4.61. The minimum Gasteiger partial charge on any atom is -0.342 e. The molecule has 2 aromatic rings. The predicted octanol–water partition coefficient (Wildman–Crippen LogP) is 2.63. The highest BCUT2D eigenvalue weighted by Crippen LogP contribution is 2.34. The van der Waals surface area contributed by atoms with Crippen molar-refractivity contribution < 1.29 is 9.59 Å². The molecule has 1 aromatic heterocycles. The fourth-order valence-electron chi connectivity index (χ4n) is 3.90. The first-order valence-electron chi connectivity index (χ1n) is 9.15. The van der Waals surface area contributed by atoms with Gasteiger partial charge in [-0.2, -0.15) is 0 Å². The van der Waals surface area contributed by atoms with E-state index in [0.717, 1.165) is 23.4 Å². The minimum absolute atomic E-state index is 0.103. The molecule has 0 radical (unpaired) electrons. The molecule has 0 saturated carbocycles. The molecule has 2 aliphatic rings. The maximum absolute atomic E-state index is 12.8. The number of aryl methyl sites for hydroxylation is 1. The molecule has 27 heavy (non-hydrogen) atoms. The van der Waals surface area contributed by atoms with E-state index < -0.39 is 0 Å². The number of anilines is 1. The highest BCUT2D eigenvalue weighted by atomic mass is 35.5. The van der Waals surface area contributed by atoms with E-state index in [0.29, 0.717) is 55.6 Å². The number of amides is 1. The number of rotatable bonds is 3. The van der Waals surface area contributed by atoms with Gasteiger partial charge in [-0.1, -0.05) is 23.7 Å². The van der Waals surface area contributed by atoms with Gasteiger partial charge in [0.25, 0.3) is 0 Å². The largest absolute Gasteiger partial charge is 0.342 e. The zero-order valence-corrected chi connectivity index (χ0v) is 15.9. The lowest BCUT2D eigenvalue weighted by molar-refractivity contribution is -0.118. The van der Waals surface area contributed by atoms with Gasteiger partial charge in [-0.15, -0.1) is 0 Å². The van der Waals surface area contributed by atoms with Crippen LogP contribution in [0.3, 0.4) is 0 Å². The second-order valence-corrected chi connectivity index (χ2v) is 7.58. The molecule has 7 heteroatoms. The average molecular weight is 385 g/mol. The minimum atomic E-state index is 0.103. The van der Waals surface area contributed by atoms with Gasteiger partial charge in [0.2, 0.25) is 12.4 Å². The standard InChI is InChI=1S/C20H21ClN4O2/c1-13-19-17(23-20(22-13)25-8-6-24(12-26)7-9-25)10-15(11-18(19)27)14-2-4-16(21)5-3-14/h2-5,12,15H,6-11H2,1H3/t15-/m1/s1. The first-order valence-corrected chi connectivity index (χ1v) is 9.53. The zero-order chi connectivity index (χ0) is 19.0. The van der Waals surface area contributed by atoms with Gasteiger partial charge in [0.15, 0.2) is 5.78 Å². The van der Waals surface area contributed by atoms with Gasteiger partial charge < -0.3 is 9.80 Å². The second kappa shape index (κ2) is 7.27.